The minimum Gasteiger partial charge on any atom is -0.388 e. The molecule has 21 heavy (non-hydrogen) atoms. The first-order chi connectivity index (χ1) is 10.1. The van der Waals surface area contributed by atoms with E-state index < -0.39 is 5.60 Å². The lowest BCUT2D eigenvalue weighted by atomic mass is 9.79. The van der Waals surface area contributed by atoms with Crippen molar-refractivity contribution < 1.29 is 5.11 Å². The molecule has 7 nitrogen and oxygen atoms in total. The van der Waals surface area contributed by atoms with E-state index in [4.69, 9.17) is 5.84 Å². The van der Waals surface area contributed by atoms with Gasteiger partial charge in [0.1, 0.15) is 0 Å². The zero-order valence-corrected chi connectivity index (χ0v) is 12.2. The fraction of sp³-hybridized carbons (Fsp3) is 0.571. The van der Waals surface area contributed by atoms with Crippen LogP contribution in [0.2, 0.25) is 0 Å². The molecule has 0 atom stereocenters. The molecule has 1 aliphatic carbocycles. The van der Waals surface area contributed by atoms with Gasteiger partial charge in [-0.1, -0.05) is 6.92 Å². The summed E-state index contributed by atoms with van der Waals surface area (Å²) in [5.74, 6) is 7.31. The monoisotopic (exact) mass is 290 g/mol. The molecule has 2 aromatic heterocycles. The summed E-state index contributed by atoms with van der Waals surface area (Å²) >= 11 is 0. The van der Waals surface area contributed by atoms with Gasteiger partial charge in [0, 0.05) is 18.9 Å². The highest BCUT2D eigenvalue weighted by Gasteiger charge is 2.31. The lowest BCUT2D eigenvalue weighted by molar-refractivity contribution is 0.00497. The Hall–Kier alpha value is -1.86. The van der Waals surface area contributed by atoms with E-state index in [0.29, 0.717) is 24.1 Å². The van der Waals surface area contributed by atoms with Gasteiger partial charge in [-0.2, -0.15) is 0 Å². The standard InChI is InChI=1S/C14H22N6O/c1-10-2-4-14(21,5-3-10)9-17-12-13-16-6-7-20(13)8-11(18-12)19-15/h6-8,10,19,21H,2-5,9,15H2,1H3,(H,17,18). The summed E-state index contributed by atoms with van der Waals surface area (Å²) in [5.41, 5.74) is 2.60. The van der Waals surface area contributed by atoms with E-state index in [1.165, 1.54) is 0 Å². The molecule has 1 fully saturated rings. The third kappa shape index (κ3) is 2.93. The maximum Gasteiger partial charge on any atom is 0.180 e. The van der Waals surface area contributed by atoms with Crippen LogP contribution in [0.15, 0.2) is 18.6 Å². The maximum atomic E-state index is 10.6. The van der Waals surface area contributed by atoms with Crippen molar-refractivity contribution >= 4 is 17.3 Å². The highest BCUT2D eigenvalue weighted by molar-refractivity contribution is 5.65. The molecular weight excluding hydrogens is 268 g/mol. The first-order valence-electron chi connectivity index (χ1n) is 7.36. The number of aliphatic hydroxyl groups is 1. The average Bonchev–Trinajstić information content (AvgIpc) is 2.96. The van der Waals surface area contributed by atoms with Crippen LogP contribution in [0.25, 0.3) is 5.65 Å². The van der Waals surface area contributed by atoms with Crippen molar-refractivity contribution in [1.29, 1.82) is 0 Å². The molecule has 0 unspecified atom stereocenters. The third-order valence-corrected chi connectivity index (χ3v) is 4.31. The van der Waals surface area contributed by atoms with E-state index in [-0.39, 0.29) is 0 Å². The Morgan fingerprint density at radius 3 is 2.95 bits per heavy atom. The number of aromatic nitrogens is 3. The smallest absolute Gasteiger partial charge is 0.180 e. The van der Waals surface area contributed by atoms with E-state index in [1.54, 1.807) is 12.4 Å². The van der Waals surface area contributed by atoms with Gasteiger partial charge < -0.3 is 20.2 Å². The SMILES string of the molecule is CC1CCC(O)(CNc2nc(NN)cn3ccnc23)CC1. The number of hydrazine groups is 1. The van der Waals surface area contributed by atoms with Crippen LogP contribution in [0.5, 0.6) is 0 Å². The van der Waals surface area contributed by atoms with E-state index in [0.717, 1.165) is 31.3 Å². The van der Waals surface area contributed by atoms with Crippen molar-refractivity contribution in [2.75, 3.05) is 17.3 Å². The summed E-state index contributed by atoms with van der Waals surface area (Å²) in [6.07, 6.45) is 9.08. The summed E-state index contributed by atoms with van der Waals surface area (Å²) in [6, 6.07) is 0. The number of nitrogen functional groups attached to an aromatic ring is 1. The minimum absolute atomic E-state index is 0.475. The van der Waals surface area contributed by atoms with Crippen LogP contribution >= 0.6 is 0 Å². The van der Waals surface area contributed by atoms with Crippen LogP contribution in [-0.4, -0.2) is 31.6 Å². The quantitative estimate of drug-likeness (QED) is 0.501. The normalized spacial score (nSPS) is 26.0. The molecule has 1 aliphatic rings. The van der Waals surface area contributed by atoms with Gasteiger partial charge in [-0.25, -0.2) is 15.8 Å². The van der Waals surface area contributed by atoms with Gasteiger partial charge in [0.15, 0.2) is 17.3 Å². The number of anilines is 2. The van der Waals surface area contributed by atoms with Crippen LogP contribution in [0.1, 0.15) is 32.6 Å². The summed E-state index contributed by atoms with van der Waals surface area (Å²) in [4.78, 5) is 8.66. The first-order valence-corrected chi connectivity index (χ1v) is 7.36. The number of imidazole rings is 1. The zero-order chi connectivity index (χ0) is 14.9. The van der Waals surface area contributed by atoms with Crippen molar-refractivity contribution in [2.45, 2.75) is 38.2 Å². The van der Waals surface area contributed by atoms with E-state index in [9.17, 15) is 5.11 Å². The molecular formula is C14H22N6O. The topological polar surface area (TPSA) is 100 Å². The highest BCUT2D eigenvalue weighted by atomic mass is 16.3. The predicted octanol–water partition coefficient (Wildman–Crippen LogP) is 1.37. The average molecular weight is 290 g/mol. The van der Waals surface area contributed by atoms with Crippen molar-refractivity contribution in [3.8, 4) is 0 Å². The third-order valence-electron chi connectivity index (χ3n) is 4.31. The molecule has 0 radical (unpaired) electrons. The molecule has 1 saturated carbocycles. The molecule has 7 heteroatoms. The van der Waals surface area contributed by atoms with Gasteiger partial charge in [0.25, 0.3) is 0 Å². The molecule has 2 aromatic rings. The molecule has 0 aromatic carbocycles. The van der Waals surface area contributed by atoms with Crippen LogP contribution in [0, 0.1) is 5.92 Å². The van der Waals surface area contributed by atoms with E-state index in [2.05, 4.69) is 27.6 Å². The largest absolute Gasteiger partial charge is 0.388 e. The molecule has 0 bridgehead atoms. The second-order valence-corrected chi connectivity index (χ2v) is 6.04. The Labute approximate surface area is 123 Å². The van der Waals surface area contributed by atoms with Crippen molar-refractivity contribution in [3.63, 3.8) is 0 Å². The fourth-order valence-corrected chi connectivity index (χ4v) is 2.84. The van der Waals surface area contributed by atoms with Crippen molar-refractivity contribution in [2.24, 2.45) is 11.8 Å². The maximum absolute atomic E-state index is 10.6. The number of hydrogen-bond donors (Lipinski definition) is 4. The van der Waals surface area contributed by atoms with Crippen LogP contribution in [0.3, 0.4) is 0 Å². The lowest BCUT2D eigenvalue weighted by Gasteiger charge is -2.35. The minimum atomic E-state index is -0.663. The Kier molecular flexibility index (Phi) is 3.69. The predicted molar refractivity (Wildman–Crippen MR) is 81.9 cm³/mol. The molecule has 0 aliphatic heterocycles. The summed E-state index contributed by atoms with van der Waals surface area (Å²) < 4.78 is 1.84. The van der Waals surface area contributed by atoms with Gasteiger partial charge >= 0.3 is 0 Å². The molecule has 3 rings (SSSR count). The van der Waals surface area contributed by atoms with Crippen molar-refractivity contribution in [1.82, 2.24) is 14.4 Å². The summed E-state index contributed by atoms with van der Waals surface area (Å²) in [6.45, 7) is 2.71. The van der Waals surface area contributed by atoms with E-state index >= 15 is 0 Å². The Morgan fingerprint density at radius 2 is 2.24 bits per heavy atom. The van der Waals surface area contributed by atoms with Gasteiger partial charge in [-0.15, -0.1) is 0 Å². The molecule has 2 heterocycles. The van der Waals surface area contributed by atoms with Gasteiger partial charge in [0.05, 0.1) is 11.8 Å². The Bertz CT molecular complexity index is 617. The zero-order valence-electron chi connectivity index (χ0n) is 12.2. The summed E-state index contributed by atoms with van der Waals surface area (Å²) in [7, 11) is 0. The fourth-order valence-electron chi connectivity index (χ4n) is 2.84. The summed E-state index contributed by atoms with van der Waals surface area (Å²) in [5, 5.41) is 13.9. The van der Waals surface area contributed by atoms with Gasteiger partial charge in [-0.3, -0.25) is 0 Å². The Morgan fingerprint density at radius 1 is 1.48 bits per heavy atom. The van der Waals surface area contributed by atoms with E-state index in [1.807, 2.05) is 10.6 Å². The second-order valence-electron chi connectivity index (χ2n) is 6.04. The van der Waals surface area contributed by atoms with Crippen molar-refractivity contribution in [3.05, 3.63) is 18.6 Å². The molecule has 0 saturated heterocycles. The molecule has 5 N–H and O–H groups in total. The molecule has 0 spiro atoms. The number of rotatable bonds is 4. The molecule has 114 valence electrons. The highest BCUT2D eigenvalue weighted by Crippen LogP contribution is 2.32. The van der Waals surface area contributed by atoms with Crippen LogP contribution < -0.4 is 16.6 Å². The number of nitrogens with zero attached hydrogens (tertiary/aromatic N) is 3. The molecule has 0 amide bonds. The number of nitrogens with two attached hydrogens (primary N) is 1. The van der Waals surface area contributed by atoms with Crippen LogP contribution in [-0.2, 0) is 0 Å². The first kappa shape index (κ1) is 14.1. The number of nitrogens with one attached hydrogen (secondary N) is 2. The number of hydrogen-bond acceptors (Lipinski definition) is 6. The lowest BCUT2D eigenvalue weighted by Crippen LogP contribution is -2.40. The number of fused-ring (bicyclic) bond motifs is 1. The van der Waals surface area contributed by atoms with Gasteiger partial charge in [-0.05, 0) is 31.6 Å². The van der Waals surface area contributed by atoms with Crippen LogP contribution in [0.4, 0.5) is 11.6 Å². The Balaban J connectivity index is 1.77. The van der Waals surface area contributed by atoms with Gasteiger partial charge in [0.2, 0.25) is 0 Å². The second kappa shape index (κ2) is 5.50.